The van der Waals surface area contributed by atoms with Crippen LogP contribution in [0.4, 0.5) is 0 Å². The Morgan fingerprint density at radius 3 is 2.88 bits per heavy atom. The molecular formula is C18H25N5O3. The van der Waals surface area contributed by atoms with Crippen LogP contribution < -0.4 is 5.56 Å². The molecule has 3 heterocycles. The number of aryl methyl sites for hydroxylation is 2. The lowest BCUT2D eigenvalue weighted by atomic mass is 10.1. The van der Waals surface area contributed by atoms with E-state index >= 15 is 0 Å². The summed E-state index contributed by atoms with van der Waals surface area (Å²) in [5.74, 6) is 0.848. The van der Waals surface area contributed by atoms with E-state index in [2.05, 4.69) is 28.9 Å². The van der Waals surface area contributed by atoms with Crippen molar-refractivity contribution >= 4 is 5.91 Å². The third-order valence-corrected chi connectivity index (χ3v) is 4.31. The van der Waals surface area contributed by atoms with Crippen molar-refractivity contribution in [3.63, 3.8) is 0 Å². The molecule has 1 N–H and O–H groups in total. The van der Waals surface area contributed by atoms with E-state index < -0.39 is 6.10 Å². The zero-order valence-corrected chi connectivity index (χ0v) is 15.7. The molecule has 1 aliphatic rings. The van der Waals surface area contributed by atoms with E-state index in [0.29, 0.717) is 42.8 Å². The molecule has 3 rings (SSSR count). The molecule has 1 atom stereocenters. The van der Waals surface area contributed by atoms with E-state index in [4.69, 9.17) is 4.74 Å². The molecule has 140 valence electrons. The largest absolute Gasteiger partial charge is 0.367 e. The molecule has 1 amide bonds. The van der Waals surface area contributed by atoms with E-state index in [-0.39, 0.29) is 11.5 Å². The summed E-state index contributed by atoms with van der Waals surface area (Å²) in [7, 11) is 1.79. The number of nitrogens with one attached hydrogen (secondary N) is 1. The average Bonchev–Trinajstić information content (AvgIpc) is 2.93. The van der Waals surface area contributed by atoms with Gasteiger partial charge in [-0.3, -0.25) is 14.3 Å². The Bertz CT molecular complexity index is 855. The minimum absolute atomic E-state index is 0.0849. The van der Waals surface area contributed by atoms with Crippen molar-refractivity contribution in [3.8, 4) is 0 Å². The molecule has 26 heavy (non-hydrogen) atoms. The number of rotatable bonds is 4. The fraction of sp³-hybridized carbons (Fsp3) is 0.556. The van der Waals surface area contributed by atoms with Gasteiger partial charge in [0.25, 0.3) is 11.5 Å². The summed E-state index contributed by atoms with van der Waals surface area (Å²) in [5, 5.41) is 4.45. The predicted molar refractivity (Wildman–Crippen MR) is 95.9 cm³/mol. The highest BCUT2D eigenvalue weighted by Gasteiger charge is 2.29. The van der Waals surface area contributed by atoms with Crippen LogP contribution in [0, 0.1) is 12.8 Å². The lowest BCUT2D eigenvalue weighted by molar-refractivity contribution is -0.0273. The molecule has 2 aromatic rings. The summed E-state index contributed by atoms with van der Waals surface area (Å²) in [6.45, 7) is 7.24. The maximum atomic E-state index is 12.9. The zero-order valence-electron chi connectivity index (χ0n) is 15.7. The lowest BCUT2D eigenvalue weighted by Crippen LogP contribution is -2.43. The van der Waals surface area contributed by atoms with Gasteiger partial charge in [0.1, 0.15) is 17.6 Å². The van der Waals surface area contributed by atoms with Crippen LogP contribution in [0.25, 0.3) is 0 Å². The minimum atomic E-state index is -0.441. The van der Waals surface area contributed by atoms with Crippen LogP contribution in [0.5, 0.6) is 0 Å². The van der Waals surface area contributed by atoms with Gasteiger partial charge in [0, 0.05) is 25.4 Å². The first-order valence-corrected chi connectivity index (χ1v) is 8.85. The first-order valence-electron chi connectivity index (χ1n) is 8.85. The van der Waals surface area contributed by atoms with Crippen molar-refractivity contribution in [1.29, 1.82) is 0 Å². The second-order valence-electron chi connectivity index (χ2n) is 7.13. The number of carbonyl (C=O) groups is 1. The van der Waals surface area contributed by atoms with Crippen molar-refractivity contribution in [1.82, 2.24) is 24.6 Å². The topological polar surface area (TPSA) is 93.1 Å². The number of aromatic nitrogens is 4. The zero-order chi connectivity index (χ0) is 18.8. The van der Waals surface area contributed by atoms with Crippen molar-refractivity contribution in [2.75, 3.05) is 19.7 Å². The molecule has 1 saturated heterocycles. The molecule has 0 radical (unpaired) electrons. The van der Waals surface area contributed by atoms with Crippen molar-refractivity contribution in [3.05, 3.63) is 45.4 Å². The molecule has 0 aliphatic carbocycles. The predicted octanol–water partition coefficient (Wildman–Crippen LogP) is 1.22. The molecule has 1 unspecified atom stereocenters. The van der Waals surface area contributed by atoms with Gasteiger partial charge in [-0.05, 0) is 25.3 Å². The van der Waals surface area contributed by atoms with Crippen LogP contribution in [0.2, 0.25) is 0 Å². The van der Waals surface area contributed by atoms with Crippen molar-refractivity contribution in [2.24, 2.45) is 13.0 Å². The summed E-state index contributed by atoms with van der Waals surface area (Å²) in [5.41, 5.74) is 1.89. The van der Waals surface area contributed by atoms with Gasteiger partial charge in [0.05, 0.1) is 18.8 Å². The van der Waals surface area contributed by atoms with E-state index in [1.807, 2.05) is 6.07 Å². The van der Waals surface area contributed by atoms with Crippen LogP contribution in [-0.2, 0) is 18.2 Å². The fourth-order valence-corrected chi connectivity index (χ4v) is 3.16. The number of H-pyrrole nitrogens is 1. The maximum absolute atomic E-state index is 12.9. The van der Waals surface area contributed by atoms with Crippen LogP contribution in [0.1, 0.15) is 47.7 Å². The molecule has 0 spiro atoms. The van der Waals surface area contributed by atoms with Gasteiger partial charge in [-0.25, -0.2) is 4.98 Å². The van der Waals surface area contributed by atoms with Crippen molar-refractivity contribution in [2.45, 2.75) is 33.3 Å². The van der Waals surface area contributed by atoms with Crippen LogP contribution >= 0.6 is 0 Å². The highest BCUT2D eigenvalue weighted by molar-refractivity contribution is 5.92. The van der Waals surface area contributed by atoms with E-state index in [0.717, 1.165) is 12.1 Å². The molecule has 8 nitrogen and oxygen atoms in total. The van der Waals surface area contributed by atoms with Gasteiger partial charge in [-0.15, -0.1) is 0 Å². The number of morpholine rings is 1. The summed E-state index contributed by atoms with van der Waals surface area (Å²) in [6, 6.07) is 3.29. The van der Waals surface area contributed by atoms with Gasteiger partial charge >= 0.3 is 0 Å². The average molecular weight is 359 g/mol. The third kappa shape index (κ3) is 4.01. The number of hydrogen-bond donors (Lipinski definition) is 1. The number of nitrogens with zero attached hydrogens (tertiary/aromatic N) is 4. The Balaban J connectivity index is 1.78. The number of aromatic amines is 1. The number of amides is 1. The van der Waals surface area contributed by atoms with Crippen LogP contribution in [-0.4, -0.2) is 50.3 Å². The Morgan fingerprint density at radius 1 is 1.42 bits per heavy atom. The molecule has 0 saturated carbocycles. The van der Waals surface area contributed by atoms with Crippen molar-refractivity contribution < 1.29 is 9.53 Å². The third-order valence-electron chi connectivity index (χ3n) is 4.31. The molecular weight excluding hydrogens is 334 g/mol. The molecule has 0 aromatic carbocycles. The number of carbonyl (C=O) groups excluding carboxylic acids is 1. The Labute approximate surface area is 152 Å². The van der Waals surface area contributed by atoms with E-state index in [1.54, 1.807) is 23.6 Å². The first kappa shape index (κ1) is 18.3. The maximum Gasteiger partial charge on any atom is 0.272 e. The molecule has 0 bridgehead atoms. The lowest BCUT2D eigenvalue weighted by Gasteiger charge is -2.32. The summed E-state index contributed by atoms with van der Waals surface area (Å²) >= 11 is 0. The van der Waals surface area contributed by atoms with Gasteiger partial charge < -0.3 is 14.6 Å². The van der Waals surface area contributed by atoms with Gasteiger partial charge in [-0.1, -0.05) is 13.8 Å². The summed E-state index contributed by atoms with van der Waals surface area (Å²) in [6.07, 6.45) is 0.394. The quantitative estimate of drug-likeness (QED) is 0.886. The van der Waals surface area contributed by atoms with Gasteiger partial charge in [0.2, 0.25) is 0 Å². The Morgan fingerprint density at radius 2 is 2.19 bits per heavy atom. The smallest absolute Gasteiger partial charge is 0.272 e. The Kier molecular flexibility index (Phi) is 5.22. The molecule has 2 aromatic heterocycles. The van der Waals surface area contributed by atoms with Gasteiger partial charge in [-0.2, -0.15) is 5.10 Å². The Hall–Kier alpha value is -2.48. The molecule has 1 aliphatic heterocycles. The minimum Gasteiger partial charge on any atom is -0.367 e. The monoisotopic (exact) mass is 359 g/mol. The van der Waals surface area contributed by atoms with Gasteiger partial charge in [0.15, 0.2) is 0 Å². The normalized spacial score (nSPS) is 17.7. The molecule has 1 fully saturated rings. The number of ether oxygens (including phenoxy) is 1. The van der Waals surface area contributed by atoms with E-state index in [9.17, 15) is 9.59 Å². The molecule has 8 heteroatoms. The number of hydrogen-bond acceptors (Lipinski definition) is 5. The summed E-state index contributed by atoms with van der Waals surface area (Å²) in [4.78, 5) is 33.4. The highest BCUT2D eigenvalue weighted by Crippen LogP contribution is 2.20. The fourth-order valence-electron chi connectivity index (χ4n) is 3.16. The first-order chi connectivity index (χ1) is 12.3. The van der Waals surface area contributed by atoms with Crippen LogP contribution in [0.15, 0.2) is 16.9 Å². The van der Waals surface area contributed by atoms with E-state index in [1.165, 1.54) is 6.07 Å². The SMILES string of the molecule is Cc1cc(=O)[nH]c(C2CN(C(=O)c3cc(CC(C)C)nn3C)CCO2)n1. The second-order valence-corrected chi connectivity index (χ2v) is 7.13. The highest BCUT2D eigenvalue weighted by atomic mass is 16.5. The second kappa shape index (κ2) is 7.41. The van der Waals surface area contributed by atoms with Crippen LogP contribution in [0.3, 0.4) is 0 Å². The summed E-state index contributed by atoms with van der Waals surface area (Å²) < 4.78 is 7.37. The standard InChI is InChI=1S/C18H25N5O3/c1-11(2)7-13-9-14(22(4)21-13)18(25)23-5-6-26-15(10-23)17-19-12(3)8-16(24)20-17/h8-9,11,15H,5-7,10H2,1-4H3,(H,19,20,24).